The molecule has 5 rings (SSSR count). The van der Waals surface area contributed by atoms with Gasteiger partial charge in [0.2, 0.25) is 0 Å². The fourth-order valence-electron chi connectivity index (χ4n) is 3.38. The number of aromatic nitrogens is 4. The van der Waals surface area contributed by atoms with Crippen molar-refractivity contribution in [2.24, 2.45) is 0 Å². The molecule has 0 saturated heterocycles. The predicted octanol–water partition coefficient (Wildman–Crippen LogP) is 6.60. The van der Waals surface area contributed by atoms with Crippen LogP contribution in [0.15, 0.2) is 79.3 Å². The van der Waals surface area contributed by atoms with E-state index in [2.05, 4.69) is 15.3 Å². The van der Waals surface area contributed by atoms with E-state index in [1.807, 2.05) is 55.6 Å². The van der Waals surface area contributed by atoms with Gasteiger partial charge in [-0.2, -0.15) is 0 Å². The van der Waals surface area contributed by atoms with Gasteiger partial charge in [-0.1, -0.05) is 23.7 Å². The van der Waals surface area contributed by atoms with Crippen LogP contribution >= 0.6 is 11.6 Å². The SMILES string of the molecule is Cc1ccc(-c2ccc3c(Nc4ccc(F)c(Cl)c4)nc(-c4cccnc4)nc3c2)cn1. The van der Waals surface area contributed by atoms with E-state index in [9.17, 15) is 4.39 Å². The molecule has 0 atom stereocenters. The second-order valence-electron chi connectivity index (χ2n) is 7.31. The maximum absolute atomic E-state index is 13.6. The van der Waals surface area contributed by atoms with E-state index in [-0.39, 0.29) is 5.02 Å². The lowest BCUT2D eigenvalue weighted by Gasteiger charge is -2.12. The number of halogens is 2. The van der Waals surface area contributed by atoms with Crippen LogP contribution in [0.1, 0.15) is 5.69 Å². The molecular weight excluding hydrogens is 425 g/mol. The van der Waals surface area contributed by atoms with E-state index in [4.69, 9.17) is 21.6 Å². The number of nitrogens with one attached hydrogen (secondary N) is 1. The normalized spacial score (nSPS) is 11.0. The highest BCUT2D eigenvalue weighted by molar-refractivity contribution is 6.31. The average Bonchev–Trinajstić information content (AvgIpc) is 2.82. The van der Waals surface area contributed by atoms with E-state index < -0.39 is 5.82 Å². The van der Waals surface area contributed by atoms with Gasteiger partial charge in [-0.25, -0.2) is 14.4 Å². The zero-order valence-corrected chi connectivity index (χ0v) is 17.8. The number of rotatable bonds is 4. The molecule has 0 saturated carbocycles. The number of hydrogen-bond donors (Lipinski definition) is 1. The minimum atomic E-state index is -0.475. The largest absolute Gasteiger partial charge is 0.340 e. The highest BCUT2D eigenvalue weighted by Gasteiger charge is 2.12. The van der Waals surface area contributed by atoms with E-state index in [0.717, 1.165) is 33.3 Å². The van der Waals surface area contributed by atoms with E-state index >= 15 is 0 Å². The van der Waals surface area contributed by atoms with Crippen molar-refractivity contribution in [3.05, 3.63) is 95.8 Å². The van der Waals surface area contributed by atoms with Crippen LogP contribution in [0.5, 0.6) is 0 Å². The Bertz CT molecular complexity index is 1420. The van der Waals surface area contributed by atoms with E-state index in [1.54, 1.807) is 18.5 Å². The van der Waals surface area contributed by atoms with E-state index in [0.29, 0.717) is 17.3 Å². The Morgan fingerprint density at radius 2 is 1.75 bits per heavy atom. The summed E-state index contributed by atoms with van der Waals surface area (Å²) >= 11 is 5.96. The molecule has 0 aliphatic carbocycles. The lowest BCUT2D eigenvalue weighted by molar-refractivity contribution is 0.628. The summed E-state index contributed by atoms with van der Waals surface area (Å²) in [5.74, 6) is 0.641. The molecule has 1 N–H and O–H groups in total. The molecule has 5 nitrogen and oxygen atoms in total. The van der Waals surface area contributed by atoms with Gasteiger partial charge in [0.05, 0.1) is 10.5 Å². The zero-order chi connectivity index (χ0) is 22.1. The quantitative estimate of drug-likeness (QED) is 0.340. The number of pyridine rings is 2. The van der Waals surface area contributed by atoms with Crippen molar-refractivity contribution in [3.8, 4) is 22.5 Å². The lowest BCUT2D eigenvalue weighted by atomic mass is 10.0. The summed E-state index contributed by atoms with van der Waals surface area (Å²) < 4.78 is 13.6. The van der Waals surface area contributed by atoms with Crippen molar-refractivity contribution in [2.45, 2.75) is 6.92 Å². The highest BCUT2D eigenvalue weighted by Crippen LogP contribution is 2.31. The summed E-state index contributed by atoms with van der Waals surface area (Å²) in [5.41, 5.74) is 5.13. The molecule has 0 amide bonds. The number of anilines is 2. The summed E-state index contributed by atoms with van der Waals surface area (Å²) in [6.45, 7) is 1.96. The van der Waals surface area contributed by atoms with Gasteiger partial charge in [0, 0.05) is 46.5 Å². The average molecular weight is 442 g/mol. The third-order valence-electron chi connectivity index (χ3n) is 5.04. The Labute approximate surface area is 189 Å². The Morgan fingerprint density at radius 1 is 0.875 bits per heavy atom. The Hall–Kier alpha value is -3.90. The number of aryl methyl sites for hydroxylation is 1. The van der Waals surface area contributed by atoms with Gasteiger partial charge < -0.3 is 5.32 Å². The van der Waals surface area contributed by atoms with Crippen LogP contribution in [0.3, 0.4) is 0 Å². The van der Waals surface area contributed by atoms with E-state index in [1.165, 1.54) is 12.1 Å². The molecule has 32 heavy (non-hydrogen) atoms. The van der Waals surface area contributed by atoms with Crippen LogP contribution < -0.4 is 5.32 Å². The summed E-state index contributed by atoms with van der Waals surface area (Å²) in [7, 11) is 0. The van der Waals surface area contributed by atoms with Crippen LogP contribution in [-0.2, 0) is 0 Å². The fraction of sp³-hybridized carbons (Fsp3) is 0.0400. The number of nitrogens with zero attached hydrogens (tertiary/aromatic N) is 4. The molecule has 0 aliphatic heterocycles. The predicted molar refractivity (Wildman–Crippen MR) is 125 cm³/mol. The third kappa shape index (κ3) is 4.00. The molecule has 7 heteroatoms. The monoisotopic (exact) mass is 441 g/mol. The summed E-state index contributed by atoms with van der Waals surface area (Å²) in [6.07, 6.45) is 5.26. The van der Waals surface area contributed by atoms with Gasteiger partial charge in [-0.15, -0.1) is 0 Å². The summed E-state index contributed by atoms with van der Waals surface area (Å²) in [5, 5.41) is 4.12. The van der Waals surface area contributed by atoms with Gasteiger partial charge in [-0.3, -0.25) is 9.97 Å². The number of hydrogen-bond acceptors (Lipinski definition) is 5. The fourth-order valence-corrected chi connectivity index (χ4v) is 3.56. The van der Waals surface area contributed by atoms with Crippen LogP contribution in [0.2, 0.25) is 5.02 Å². The maximum atomic E-state index is 13.6. The Balaban J connectivity index is 1.66. The van der Waals surface area contributed by atoms with Crippen molar-refractivity contribution >= 4 is 34.0 Å². The molecule has 0 bridgehead atoms. The van der Waals surface area contributed by atoms with Crippen LogP contribution in [-0.4, -0.2) is 19.9 Å². The standard InChI is InChI=1S/C25H17ClFN5/c1-15-4-5-17(14-29-15)16-6-8-20-23(11-16)31-24(18-3-2-10-28-13-18)32-25(20)30-19-7-9-22(27)21(26)12-19/h2-14H,1H3,(H,30,31,32). The van der Waals surface area contributed by atoms with Crippen LogP contribution in [0.4, 0.5) is 15.9 Å². The summed E-state index contributed by atoms with van der Waals surface area (Å²) in [4.78, 5) is 18.1. The molecule has 2 aromatic carbocycles. The first-order chi connectivity index (χ1) is 15.6. The molecule has 5 aromatic rings. The molecule has 3 aromatic heterocycles. The van der Waals surface area contributed by atoms with Crippen molar-refractivity contribution in [1.82, 2.24) is 19.9 Å². The minimum Gasteiger partial charge on any atom is -0.340 e. The lowest BCUT2D eigenvalue weighted by Crippen LogP contribution is -2.00. The van der Waals surface area contributed by atoms with Crippen LogP contribution in [0, 0.1) is 12.7 Å². The molecule has 0 fully saturated rings. The number of benzene rings is 2. The molecular formula is C25H17ClFN5. The topological polar surface area (TPSA) is 63.6 Å². The first kappa shape index (κ1) is 20.0. The second kappa shape index (κ2) is 8.32. The molecule has 3 heterocycles. The first-order valence-corrected chi connectivity index (χ1v) is 10.3. The van der Waals surface area contributed by atoms with Gasteiger partial charge >= 0.3 is 0 Å². The molecule has 0 aliphatic rings. The summed E-state index contributed by atoms with van der Waals surface area (Å²) in [6, 6.07) is 18.2. The zero-order valence-electron chi connectivity index (χ0n) is 17.1. The highest BCUT2D eigenvalue weighted by atomic mass is 35.5. The Kier molecular flexibility index (Phi) is 5.21. The minimum absolute atomic E-state index is 0.0370. The molecule has 156 valence electrons. The number of fused-ring (bicyclic) bond motifs is 1. The van der Waals surface area contributed by atoms with Gasteiger partial charge in [-0.05, 0) is 61.0 Å². The van der Waals surface area contributed by atoms with Crippen LogP contribution in [0.25, 0.3) is 33.4 Å². The molecule has 0 spiro atoms. The smallest absolute Gasteiger partial charge is 0.163 e. The Morgan fingerprint density at radius 3 is 2.50 bits per heavy atom. The third-order valence-corrected chi connectivity index (χ3v) is 5.33. The van der Waals surface area contributed by atoms with Gasteiger partial charge in [0.15, 0.2) is 5.82 Å². The molecule has 0 radical (unpaired) electrons. The molecule has 0 unspecified atom stereocenters. The van der Waals surface area contributed by atoms with Crippen molar-refractivity contribution in [1.29, 1.82) is 0 Å². The van der Waals surface area contributed by atoms with Crippen molar-refractivity contribution < 1.29 is 4.39 Å². The second-order valence-corrected chi connectivity index (χ2v) is 7.72. The van der Waals surface area contributed by atoms with Crippen molar-refractivity contribution in [3.63, 3.8) is 0 Å². The maximum Gasteiger partial charge on any atom is 0.163 e. The van der Waals surface area contributed by atoms with Gasteiger partial charge in [0.25, 0.3) is 0 Å². The first-order valence-electron chi connectivity index (χ1n) is 9.94. The van der Waals surface area contributed by atoms with Crippen molar-refractivity contribution in [2.75, 3.05) is 5.32 Å². The van der Waals surface area contributed by atoms with Gasteiger partial charge in [0.1, 0.15) is 11.6 Å².